The van der Waals surface area contributed by atoms with E-state index in [9.17, 15) is 9.18 Å². The van der Waals surface area contributed by atoms with E-state index < -0.39 is 5.97 Å². The van der Waals surface area contributed by atoms with Crippen LogP contribution in [0.2, 0.25) is 0 Å². The van der Waals surface area contributed by atoms with E-state index in [1.807, 2.05) is 23.7 Å². The van der Waals surface area contributed by atoms with Crippen molar-refractivity contribution in [2.45, 2.75) is 46.0 Å². The molecule has 182 valence electrons. The van der Waals surface area contributed by atoms with E-state index in [0.717, 1.165) is 73.3 Å². The van der Waals surface area contributed by atoms with E-state index in [1.165, 1.54) is 25.7 Å². The first-order chi connectivity index (χ1) is 16.5. The van der Waals surface area contributed by atoms with Gasteiger partial charge in [0.2, 0.25) is 0 Å². The lowest BCUT2D eigenvalue weighted by Crippen LogP contribution is -2.25. The van der Waals surface area contributed by atoms with Crippen molar-refractivity contribution in [3.05, 3.63) is 66.0 Å². The number of halogens is 1. The van der Waals surface area contributed by atoms with E-state index in [-0.39, 0.29) is 5.82 Å². The molecule has 0 N–H and O–H groups in total. The third-order valence-electron chi connectivity index (χ3n) is 6.37. The van der Waals surface area contributed by atoms with Gasteiger partial charge in [-0.2, -0.15) is 0 Å². The molecule has 0 atom stereocenters. The van der Waals surface area contributed by atoms with Crippen molar-refractivity contribution in [3.63, 3.8) is 0 Å². The molecule has 0 aliphatic rings. The Balaban J connectivity index is 1.98. The molecule has 0 aliphatic carbocycles. The third kappa shape index (κ3) is 5.92. The van der Waals surface area contributed by atoms with Crippen LogP contribution in [0.5, 0.6) is 0 Å². The Morgan fingerprint density at radius 2 is 1.65 bits per heavy atom. The van der Waals surface area contributed by atoms with Gasteiger partial charge in [-0.1, -0.05) is 32.4 Å². The fraction of sp³-hybridized carbons (Fsp3) is 0.429. The normalized spacial score (nSPS) is 11.2. The highest BCUT2D eigenvalue weighted by atomic mass is 19.1. The average molecular weight is 466 g/mol. The van der Waals surface area contributed by atoms with Gasteiger partial charge in [0.25, 0.3) is 0 Å². The quantitative estimate of drug-likeness (QED) is 0.239. The summed E-state index contributed by atoms with van der Waals surface area (Å²) in [5.41, 5.74) is 5.08. The molecule has 0 fully saturated rings. The minimum atomic E-state index is -0.401. The van der Waals surface area contributed by atoms with Gasteiger partial charge >= 0.3 is 5.97 Å². The van der Waals surface area contributed by atoms with Crippen molar-refractivity contribution in [3.8, 4) is 22.3 Å². The van der Waals surface area contributed by atoms with Crippen LogP contribution >= 0.6 is 0 Å². The highest BCUT2D eigenvalue weighted by molar-refractivity contribution is 6.02. The van der Waals surface area contributed by atoms with Gasteiger partial charge in [0.1, 0.15) is 11.5 Å². The van der Waals surface area contributed by atoms with Crippen LogP contribution in [0.25, 0.3) is 22.3 Å². The Kier molecular flexibility index (Phi) is 9.40. The smallest absolute Gasteiger partial charge is 0.355 e. The molecule has 0 spiro atoms. The summed E-state index contributed by atoms with van der Waals surface area (Å²) >= 11 is 0. The monoisotopic (exact) mass is 465 g/mol. The number of pyridine rings is 1. The largest absolute Gasteiger partial charge is 0.464 e. The SMILES string of the molecule is CCCN(CC)CCCCCc1c(-c2ccncc2)c(-c2ccc(F)cc2)c(C(=O)OC)n1C. The molecule has 2 aromatic heterocycles. The second-order valence-corrected chi connectivity index (χ2v) is 8.58. The van der Waals surface area contributed by atoms with Crippen molar-refractivity contribution in [1.82, 2.24) is 14.5 Å². The van der Waals surface area contributed by atoms with Crippen LogP contribution in [0.15, 0.2) is 48.8 Å². The summed E-state index contributed by atoms with van der Waals surface area (Å²) in [4.78, 5) is 19.6. The topological polar surface area (TPSA) is 47.4 Å². The van der Waals surface area contributed by atoms with E-state index in [1.54, 1.807) is 24.5 Å². The Morgan fingerprint density at radius 1 is 0.971 bits per heavy atom. The molecule has 0 unspecified atom stereocenters. The van der Waals surface area contributed by atoms with Crippen LogP contribution in [-0.2, 0) is 18.2 Å². The lowest BCUT2D eigenvalue weighted by Gasteiger charge is -2.19. The maximum absolute atomic E-state index is 13.7. The zero-order valence-corrected chi connectivity index (χ0v) is 20.8. The molecule has 1 aromatic carbocycles. The highest BCUT2D eigenvalue weighted by Gasteiger charge is 2.27. The Labute approximate surface area is 202 Å². The molecule has 5 nitrogen and oxygen atoms in total. The predicted octanol–water partition coefficient (Wildman–Crippen LogP) is 6.12. The first-order valence-electron chi connectivity index (χ1n) is 12.2. The molecule has 3 aromatic rings. The van der Waals surface area contributed by atoms with Gasteiger partial charge in [-0.3, -0.25) is 4.98 Å². The number of carbonyl (C=O) groups is 1. The minimum Gasteiger partial charge on any atom is -0.464 e. The van der Waals surface area contributed by atoms with E-state index in [0.29, 0.717) is 5.69 Å². The van der Waals surface area contributed by atoms with Gasteiger partial charge in [-0.25, -0.2) is 9.18 Å². The van der Waals surface area contributed by atoms with Gasteiger partial charge in [0.05, 0.1) is 7.11 Å². The highest BCUT2D eigenvalue weighted by Crippen LogP contribution is 2.40. The van der Waals surface area contributed by atoms with Crippen LogP contribution in [0, 0.1) is 5.82 Å². The number of benzene rings is 1. The summed E-state index contributed by atoms with van der Waals surface area (Å²) in [5, 5.41) is 0. The van der Waals surface area contributed by atoms with E-state index >= 15 is 0 Å². The zero-order valence-electron chi connectivity index (χ0n) is 20.8. The lowest BCUT2D eigenvalue weighted by atomic mass is 9.94. The number of hydrogen-bond acceptors (Lipinski definition) is 4. The fourth-order valence-corrected chi connectivity index (χ4v) is 4.64. The van der Waals surface area contributed by atoms with Crippen molar-refractivity contribution in [2.24, 2.45) is 7.05 Å². The molecule has 0 radical (unpaired) electrons. The van der Waals surface area contributed by atoms with Crippen LogP contribution in [0.4, 0.5) is 4.39 Å². The summed E-state index contributed by atoms with van der Waals surface area (Å²) in [6, 6.07) is 10.2. The number of nitrogens with zero attached hydrogens (tertiary/aromatic N) is 3. The maximum Gasteiger partial charge on any atom is 0.355 e. The summed E-state index contributed by atoms with van der Waals surface area (Å²) in [7, 11) is 3.31. The van der Waals surface area contributed by atoms with Crippen molar-refractivity contribution < 1.29 is 13.9 Å². The standard InChI is InChI=1S/C28H36FN3O2/c1-5-19-32(6-2)20-9-7-8-10-24-25(22-15-17-30-18-16-22)26(21-11-13-23(29)14-12-21)27(31(24)3)28(33)34-4/h11-18H,5-10,19-20H2,1-4H3. The van der Waals surface area contributed by atoms with E-state index in [4.69, 9.17) is 4.74 Å². The zero-order chi connectivity index (χ0) is 24.5. The summed E-state index contributed by atoms with van der Waals surface area (Å²) in [6.07, 6.45) is 8.80. The van der Waals surface area contributed by atoms with Crippen molar-refractivity contribution in [1.29, 1.82) is 0 Å². The first-order valence-corrected chi connectivity index (χ1v) is 12.2. The van der Waals surface area contributed by atoms with Crippen LogP contribution in [-0.4, -0.2) is 47.2 Å². The maximum atomic E-state index is 13.7. The second-order valence-electron chi connectivity index (χ2n) is 8.58. The Bertz CT molecular complexity index is 1060. The molecular formula is C28H36FN3O2. The van der Waals surface area contributed by atoms with Crippen LogP contribution < -0.4 is 0 Å². The summed E-state index contributed by atoms with van der Waals surface area (Å²) < 4.78 is 20.8. The predicted molar refractivity (Wildman–Crippen MR) is 135 cm³/mol. The number of esters is 1. The number of carbonyl (C=O) groups excluding carboxylic acids is 1. The van der Waals surface area contributed by atoms with Crippen LogP contribution in [0.3, 0.4) is 0 Å². The molecule has 0 amide bonds. The molecule has 6 heteroatoms. The molecule has 2 heterocycles. The molecule has 34 heavy (non-hydrogen) atoms. The second kappa shape index (κ2) is 12.5. The number of methoxy groups -OCH3 is 1. The molecule has 0 bridgehead atoms. The third-order valence-corrected chi connectivity index (χ3v) is 6.37. The summed E-state index contributed by atoms with van der Waals surface area (Å²) in [5.74, 6) is -0.712. The van der Waals surface area contributed by atoms with Crippen molar-refractivity contribution >= 4 is 5.97 Å². The molecular weight excluding hydrogens is 429 g/mol. The van der Waals surface area contributed by atoms with Gasteiger partial charge in [-0.05, 0) is 80.7 Å². The Hall–Kier alpha value is -2.99. The number of rotatable bonds is 12. The average Bonchev–Trinajstić information content (AvgIpc) is 3.15. The fourth-order valence-electron chi connectivity index (χ4n) is 4.64. The van der Waals surface area contributed by atoms with Crippen LogP contribution in [0.1, 0.15) is 55.7 Å². The molecule has 0 saturated carbocycles. The number of unbranched alkanes of at least 4 members (excludes halogenated alkanes) is 2. The number of hydrogen-bond donors (Lipinski definition) is 0. The van der Waals surface area contributed by atoms with Gasteiger partial charge < -0.3 is 14.2 Å². The number of aromatic nitrogens is 2. The van der Waals surface area contributed by atoms with Gasteiger partial charge in [-0.15, -0.1) is 0 Å². The molecule has 0 aliphatic heterocycles. The van der Waals surface area contributed by atoms with Crippen molar-refractivity contribution in [2.75, 3.05) is 26.7 Å². The first kappa shape index (κ1) is 25.6. The number of ether oxygens (including phenoxy) is 1. The van der Waals surface area contributed by atoms with Gasteiger partial charge in [0, 0.05) is 36.3 Å². The molecule has 3 rings (SSSR count). The minimum absolute atomic E-state index is 0.311. The Morgan fingerprint density at radius 3 is 2.26 bits per heavy atom. The van der Waals surface area contributed by atoms with E-state index in [2.05, 4.69) is 23.7 Å². The van der Waals surface area contributed by atoms with Gasteiger partial charge in [0.15, 0.2) is 0 Å². The lowest BCUT2D eigenvalue weighted by molar-refractivity contribution is 0.0590. The molecule has 0 saturated heterocycles. The summed E-state index contributed by atoms with van der Waals surface area (Å²) in [6.45, 7) is 7.77.